The summed E-state index contributed by atoms with van der Waals surface area (Å²) in [6, 6.07) is 0.274. The van der Waals surface area contributed by atoms with E-state index in [-0.39, 0.29) is 11.9 Å². The second kappa shape index (κ2) is 7.09. The smallest absolute Gasteiger partial charge is 0.234 e. The minimum Gasteiger partial charge on any atom is -0.352 e. The molecule has 1 heterocycles. The molecule has 1 unspecified atom stereocenters. The number of hydrogen-bond donors (Lipinski definition) is 2. The summed E-state index contributed by atoms with van der Waals surface area (Å²) in [5.41, 5.74) is 0. The second-order valence-electron chi connectivity index (χ2n) is 3.95. The van der Waals surface area contributed by atoms with Gasteiger partial charge in [-0.2, -0.15) is 11.8 Å². The first-order valence-corrected chi connectivity index (χ1v) is 6.83. The van der Waals surface area contributed by atoms with Gasteiger partial charge in [-0.15, -0.1) is 0 Å². The van der Waals surface area contributed by atoms with E-state index in [1.54, 1.807) is 11.8 Å². The number of nitrogens with one attached hydrogen (secondary N) is 2. The van der Waals surface area contributed by atoms with E-state index in [2.05, 4.69) is 21.8 Å². The van der Waals surface area contributed by atoms with E-state index in [1.807, 2.05) is 6.92 Å². The van der Waals surface area contributed by atoms with Gasteiger partial charge in [0.15, 0.2) is 0 Å². The first-order valence-electron chi connectivity index (χ1n) is 5.43. The van der Waals surface area contributed by atoms with Gasteiger partial charge in [0, 0.05) is 38.0 Å². The van der Waals surface area contributed by atoms with Gasteiger partial charge >= 0.3 is 0 Å². The summed E-state index contributed by atoms with van der Waals surface area (Å²) in [6.45, 7) is 6.53. The number of rotatable bonds is 5. The van der Waals surface area contributed by atoms with Crippen LogP contribution >= 0.6 is 11.8 Å². The molecule has 0 aliphatic carbocycles. The predicted molar refractivity (Wildman–Crippen MR) is 65.3 cm³/mol. The molecule has 0 radical (unpaired) electrons. The largest absolute Gasteiger partial charge is 0.352 e. The average Bonchev–Trinajstić information content (AvgIpc) is 2.19. The van der Waals surface area contributed by atoms with E-state index >= 15 is 0 Å². The van der Waals surface area contributed by atoms with E-state index in [4.69, 9.17) is 0 Å². The van der Waals surface area contributed by atoms with Crippen LogP contribution < -0.4 is 10.6 Å². The summed E-state index contributed by atoms with van der Waals surface area (Å²) in [7, 11) is 0. The molecule has 5 heteroatoms. The van der Waals surface area contributed by atoms with Gasteiger partial charge in [-0.25, -0.2) is 0 Å². The van der Waals surface area contributed by atoms with Gasteiger partial charge < -0.3 is 10.6 Å². The molecule has 0 saturated carbocycles. The maximum Gasteiger partial charge on any atom is 0.234 e. The molecule has 0 aromatic carbocycles. The fourth-order valence-electron chi connectivity index (χ4n) is 1.68. The van der Waals surface area contributed by atoms with Gasteiger partial charge in [-0.1, -0.05) is 0 Å². The van der Waals surface area contributed by atoms with Crippen molar-refractivity contribution in [3.63, 3.8) is 0 Å². The van der Waals surface area contributed by atoms with Crippen LogP contribution in [0, 0.1) is 0 Å². The van der Waals surface area contributed by atoms with Gasteiger partial charge in [0.25, 0.3) is 0 Å². The van der Waals surface area contributed by atoms with Crippen molar-refractivity contribution in [2.75, 3.05) is 44.7 Å². The Bertz CT molecular complexity index is 195. The lowest BCUT2D eigenvalue weighted by molar-refractivity contribution is -0.122. The lowest BCUT2D eigenvalue weighted by Gasteiger charge is -2.27. The highest BCUT2D eigenvalue weighted by atomic mass is 32.2. The zero-order chi connectivity index (χ0) is 11.1. The van der Waals surface area contributed by atoms with Crippen molar-refractivity contribution >= 4 is 17.7 Å². The number of piperazine rings is 1. The first-order chi connectivity index (χ1) is 7.22. The van der Waals surface area contributed by atoms with Crippen LogP contribution in [-0.2, 0) is 4.79 Å². The molecule has 1 atom stereocenters. The van der Waals surface area contributed by atoms with Crippen molar-refractivity contribution in [1.82, 2.24) is 15.5 Å². The van der Waals surface area contributed by atoms with Crippen LogP contribution in [0.4, 0.5) is 0 Å². The van der Waals surface area contributed by atoms with Crippen molar-refractivity contribution in [3.8, 4) is 0 Å². The van der Waals surface area contributed by atoms with Crippen LogP contribution in [0.3, 0.4) is 0 Å². The zero-order valence-corrected chi connectivity index (χ0v) is 10.4. The molecule has 1 amide bonds. The molecule has 1 fully saturated rings. The van der Waals surface area contributed by atoms with Crippen LogP contribution in [0.15, 0.2) is 0 Å². The van der Waals surface area contributed by atoms with E-state index in [9.17, 15) is 4.79 Å². The van der Waals surface area contributed by atoms with Crippen molar-refractivity contribution in [2.24, 2.45) is 0 Å². The zero-order valence-electron chi connectivity index (χ0n) is 9.58. The molecule has 0 bridgehead atoms. The Morgan fingerprint density at radius 2 is 2.20 bits per heavy atom. The Hall–Kier alpha value is -0.260. The molecule has 88 valence electrons. The predicted octanol–water partition coefficient (Wildman–Crippen LogP) is -0.241. The molecule has 0 spiro atoms. The van der Waals surface area contributed by atoms with Gasteiger partial charge in [0.05, 0.1) is 6.54 Å². The number of carbonyl (C=O) groups is 1. The molecule has 4 nitrogen and oxygen atoms in total. The van der Waals surface area contributed by atoms with E-state index in [0.29, 0.717) is 6.54 Å². The van der Waals surface area contributed by atoms with Crippen LogP contribution in [0.25, 0.3) is 0 Å². The van der Waals surface area contributed by atoms with Gasteiger partial charge in [-0.3, -0.25) is 9.69 Å². The average molecular weight is 231 g/mol. The Balaban J connectivity index is 2.16. The van der Waals surface area contributed by atoms with Gasteiger partial charge in [0.2, 0.25) is 5.91 Å². The highest BCUT2D eigenvalue weighted by Crippen LogP contribution is 1.97. The van der Waals surface area contributed by atoms with Crippen LogP contribution in [0.2, 0.25) is 0 Å². The van der Waals surface area contributed by atoms with Crippen molar-refractivity contribution in [1.29, 1.82) is 0 Å². The Kier molecular flexibility index (Phi) is 6.05. The van der Waals surface area contributed by atoms with Crippen LogP contribution in [0.1, 0.15) is 6.92 Å². The summed E-state index contributed by atoms with van der Waals surface area (Å²) >= 11 is 1.76. The van der Waals surface area contributed by atoms with E-state index in [1.165, 1.54) is 0 Å². The Labute approximate surface area is 96.2 Å². The third-order valence-corrected chi connectivity index (χ3v) is 3.23. The molecule has 0 aromatic heterocycles. The molecule has 2 N–H and O–H groups in total. The lowest BCUT2D eigenvalue weighted by Crippen LogP contribution is -2.48. The quantitative estimate of drug-likeness (QED) is 0.685. The maximum atomic E-state index is 11.6. The molecular formula is C10H21N3OS. The number of nitrogens with zero attached hydrogens (tertiary/aromatic N) is 1. The normalized spacial score (nSPS) is 19.9. The summed E-state index contributed by atoms with van der Waals surface area (Å²) < 4.78 is 0. The molecule has 1 aliphatic rings. The third-order valence-electron chi connectivity index (χ3n) is 2.40. The topological polar surface area (TPSA) is 44.4 Å². The van der Waals surface area contributed by atoms with Crippen molar-refractivity contribution in [3.05, 3.63) is 0 Å². The third kappa shape index (κ3) is 5.39. The number of carbonyl (C=O) groups excluding carboxylic acids is 1. The van der Waals surface area contributed by atoms with Gasteiger partial charge in [0.1, 0.15) is 0 Å². The summed E-state index contributed by atoms with van der Waals surface area (Å²) in [6.07, 6.45) is 2.05. The summed E-state index contributed by atoms with van der Waals surface area (Å²) in [5.74, 6) is 1.13. The molecule has 1 aliphatic heterocycles. The van der Waals surface area contributed by atoms with E-state index in [0.717, 1.165) is 31.9 Å². The fraction of sp³-hybridized carbons (Fsp3) is 0.900. The number of thioether (sulfide) groups is 1. The van der Waals surface area contributed by atoms with Crippen LogP contribution in [-0.4, -0.2) is 61.6 Å². The Morgan fingerprint density at radius 3 is 2.80 bits per heavy atom. The minimum absolute atomic E-state index is 0.151. The summed E-state index contributed by atoms with van der Waals surface area (Å²) in [5, 5.41) is 6.28. The fourth-order valence-corrected chi connectivity index (χ4v) is 2.27. The molecule has 15 heavy (non-hydrogen) atoms. The van der Waals surface area contributed by atoms with Gasteiger partial charge in [-0.05, 0) is 13.2 Å². The lowest BCUT2D eigenvalue weighted by atomic mass is 10.3. The maximum absolute atomic E-state index is 11.6. The second-order valence-corrected chi connectivity index (χ2v) is 4.86. The van der Waals surface area contributed by atoms with Crippen molar-refractivity contribution < 1.29 is 4.79 Å². The minimum atomic E-state index is 0.151. The molecular weight excluding hydrogens is 210 g/mol. The summed E-state index contributed by atoms with van der Waals surface area (Å²) in [4.78, 5) is 13.8. The SMILES string of the molecule is CSCC(C)NC(=O)CN1CCNCC1. The highest BCUT2D eigenvalue weighted by molar-refractivity contribution is 7.98. The first kappa shape index (κ1) is 12.8. The van der Waals surface area contributed by atoms with Crippen LogP contribution in [0.5, 0.6) is 0 Å². The molecule has 0 aromatic rings. The van der Waals surface area contributed by atoms with E-state index < -0.39 is 0 Å². The molecule has 1 saturated heterocycles. The molecule has 1 rings (SSSR count). The Morgan fingerprint density at radius 1 is 1.53 bits per heavy atom. The monoisotopic (exact) mass is 231 g/mol. The van der Waals surface area contributed by atoms with Crippen molar-refractivity contribution in [2.45, 2.75) is 13.0 Å². The standard InChI is InChI=1S/C10H21N3OS/c1-9(8-15-2)12-10(14)7-13-5-3-11-4-6-13/h9,11H,3-8H2,1-2H3,(H,12,14). The highest BCUT2D eigenvalue weighted by Gasteiger charge is 2.14. The number of hydrogen-bond acceptors (Lipinski definition) is 4. The number of amides is 1.